The van der Waals surface area contributed by atoms with Crippen molar-refractivity contribution in [2.24, 2.45) is 0 Å². The molecule has 0 rings (SSSR count). The van der Waals surface area contributed by atoms with Crippen LogP contribution < -0.4 is 0 Å². The van der Waals surface area contributed by atoms with E-state index in [-0.39, 0.29) is 0 Å². The lowest BCUT2D eigenvalue weighted by molar-refractivity contribution is 0.731. The maximum atomic E-state index is 2.56. The zero-order valence-electron chi connectivity index (χ0n) is 12.4. The summed E-state index contributed by atoms with van der Waals surface area (Å²) in [6, 6.07) is 0. The third-order valence-corrected chi connectivity index (χ3v) is 30.1. The second kappa shape index (κ2) is 4.27. The van der Waals surface area contributed by atoms with Gasteiger partial charge in [0.25, 0.3) is 0 Å². The van der Waals surface area contributed by atoms with E-state index < -0.39 is 15.5 Å². The predicted octanol–water partition coefficient (Wildman–Crippen LogP) is 5.94. The molecular weight excluding hydrogens is 231 g/mol. The Morgan fingerprint density at radius 2 is 0.800 bits per heavy atom. The van der Waals surface area contributed by atoms with Gasteiger partial charge in [0.05, 0.1) is 15.5 Å². The van der Waals surface area contributed by atoms with E-state index >= 15 is 0 Å². The van der Waals surface area contributed by atoms with E-state index in [4.69, 9.17) is 0 Å². The van der Waals surface area contributed by atoms with Crippen molar-refractivity contribution in [3.05, 3.63) is 0 Å². The summed E-state index contributed by atoms with van der Waals surface area (Å²) in [5.41, 5.74) is 0. The average molecular weight is 262 g/mol. The van der Waals surface area contributed by atoms with Crippen molar-refractivity contribution in [1.82, 2.24) is 0 Å². The molecule has 0 spiro atoms. The highest BCUT2D eigenvalue weighted by Crippen LogP contribution is 2.57. The van der Waals surface area contributed by atoms with Crippen LogP contribution in [0, 0.1) is 0 Å². The molecule has 91 valence electrons. The second-order valence-corrected chi connectivity index (χ2v) is 26.6. The highest BCUT2D eigenvalue weighted by molar-refractivity contribution is 8.07. The van der Waals surface area contributed by atoms with Crippen LogP contribution in [0.5, 0.6) is 0 Å². The van der Waals surface area contributed by atoms with Crippen molar-refractivity contribution in [1.29, 1.82) is 0 Å². The smallest absolute Gasteiger partial charge is 0.0802 e. The Morgan fingerprint density at radius 1 is 0.600 bits per heavy atom. The zero-order valence-corrected chi connectivity index (χ0v) is 15.3. The molecule has 0 heterocycles. The van der Waals surface area contributed by atoms with Crippen molar-refractivity contribution in [3.8, 4) is 0 Å². The summed E-state index contributed by atoms with van der Waals surface area (Å²) in [6.45, 7) is 24.8. The molecule has 0 aliphatic rings. The minimum atomic E-state index is -1.12. The molecule has 0 fully saturated rings. The SMILES string of the molecule is CC(C)(C)[Si](C)(C)[P][Si](C)(C)C(C)(C)C. The van der Waals surface area contributed by atoms with Crippen LogP contribution in [0.1, 0.15) is 41.5 Å². The first-order valence-corrected chi connectivity index (χ1v) is 14.5. The summed E-state index contributed by atoms with van der Waals surface area (Å²) in [6.07, 6.45) is 0. The quantitative estimate of drug-likeness (QED) is 0.426. The minimum Gasteiger partial charge on any atom is -0.111 e. The molecule has 15 heavy (non-hydrogen) atoms. The summed E-state index contributed by atoms with van der Waals surface area (Å²) in [4.78, 5) is 0. The lowest BCUT2D eigenvalue weighted by Crippen LogP contribution is -2.42. The van der Waals surface area contributed by atoms with E-state index in [0.717, 1.165) is 0 Å². The van der Waals surface area contributed by atoms with Gasteiger partial charge in [-0.15, -0.1) is 7.68 Å². The van der Waals surface area contributed by atoms with Gasteiger partial charge in [-0.1, -0.05) is 67.7 Å². The fraction of sp³-hybridized carbons (Fsp3) is 1.00. The molecule has 0 N–H and O–H groups in total. The molecule has 0 amide bonds. The van der Waals surface area contributed by atoms with Crippen LogP contribution in [-0.4, -0.2) is 15.5 Å². The van der Waals surface area contributed by atoms with E-state index in [1.54, 1.807) is 0 Å². The zero-order chi connectivity index (χ0) is 12.7. The monoisotopic (exact) mass is 261 g/mol. The van der Waals surface area contributed by atoms with E-state index in [2.05, 4.69) is 67.7 Å². The largest absolute Gasteiger partial charge is 0.111 e. The normalized spacial score (nSPS) is 15.6. The van der Waals surface area contributed by atoms with Crippen LogP contribution in [0.15, 0.2) is 0 Å². The van der Waals surface area contributed by atoms with Gasteiger partial charge in [-0.3, -0.25) is 0 Å². The van der Waals surface area contributed by atoms with Gasteiger partial charge in [-0.05, 0) is 10.1 Å². The van der Waals surface area contributed by atoms with Crippen LogP contribution in [-0.2, 0) is 0 Å². The molecule has 0 nitrogen and oxygen atoms in total. The second-order valence-electron chi connectivity index (χ2n) is 7.73. The van der Waals surface area contributed by atoms with Crippen molar-refractivity contribution in [3.63, 3.8) is 0 Å². The average Bonchev–Trinajstić information content (AvgIpc) is 1.77. The van der Waals surface area contributed by atoms with E-state index in [1.807, 2.05) is 7.68 Å². The maximum absolute atomic E-state index is 2.56. The van der Waals surface area contributed by atoms with Crippen molar-refractivity contribution in [2.45, 2.75) is 77.8 Å². The topological polar surface area (TPSA) is 0 Å². The van der Waals surface area contributed by atoms with Crippen molar-refractivity contribution >= 4 is 23.2 Å². The molecule has 0 aliphatic carbocycles. The van der Waals surface area contributed by atoms with Gasteiger partial charge in [0.1, 0.15) is 0 Å². The molecule has 0 unspecified atom stereocenters. The summed E-state index contributed by atoms with van der Waals surface area (Å²) in [7, 11) is -0.401. The van der Waals surface area contributed by atoms with Gasteiger partial charge in [-0.25, -0.2) is 0 Å². The fourth-order valence-corrected chi connectivity index (χ4v) is 27.9. The molecule has 0 saturated heterocycles. The van der Waals surface area contributed by atoms with Gasteiger partial charge in [-0.2, -0.15) is 0 Å². The predicted molar refractivity (Wildman–Crippen MR) is 81.3 cm³/mol. The Labute approximate surface area is 101 Å². The fourth-order valence-electron chi connectivity index (χ4n) is 1.03. The summed E-state index contributed by atoms with van der Waals surface area (Å²) >= 11 is 0. The first-order chi connectivity index (χ1) is 6.21. The Kier molecular flexibility index (Phi) is 4.52. The summed E-state index contributed by atoms with van der Waals surface area (Å²) < 4.78 is 0. The molecule has 0 bridgehead atoms. The molecule has 0 atom stereocenters. The van der Waals surface area contributed by atoms with Gasteiger partial charge < -0.3 is 0 Å². The molecule has 0 aliphatic heterocycles. The number of hydrogen-bond donors (Lipinski definition) is 0. The summed E-state index contributed by atoms with van der Waals surface area (Å²) in [5.74, 6) is 0. The van der Waals surface area contributed by atoms with Gasteiger partial charge in [0, 0.05) is 0 Å². The number of hydrogen-bond acceptors (Lipinski definition) is 0. The molecule has 0 aromatic heterocycles. The lowest BCUT2D eigenvalue weighted by atomic mass is 10.2. The molecule has 0 aromatic carbocycles. The molecule has 0 aromatic rings. The maximum Gasteiger partial charge on any atom is 0.0802 e. The van der Waals surface area contributed by atoms with Crippen LogP contribution in [0.4, 0.5) is 0 Å². The Balaban J connectivity index is 4.89. The van der Waals surface area contributed by atoms with Gasteiger partial charge >= 0.3 is 0 Å². The third-order valence-electron chi connectivity index (χ3n) is 4.23. The Morgan fingerprint density at radius 3 is 0.933 bits per heavy atom. The van der Waals surface area contributed by atoms with E-state index in [9.17, 15) is 0 Å². The van der Waals surface area contributed by atoms with E-state index in [0.29, 0.717) is 10.1 Å². The van der Waals surface area contributed by atoms with Crippen molar-refractivity contribution in [2.75, 3.05) is 0 Å². The van der Waals surface area contributed by atoms with E-state index in [1.165, 1.54) is 0 Å². The van der Waals surface area contributed by atoms with Crippen LogP contribution >= 0.6 is 7.68 Å². The first-order valence-electron chi connectivity index (χ1n) is 5.95. The standard InChI is InChI=1S/C12H30PSi2/c1-11(2,3)14(7,8)13-15(9,10)12(4,5)6/h1-10H3. The number of rotatable bonds is 2. The minimum absolute atomic E-state index is 0.532. The van der Waals surface area contributed by atoms with Gasteiger partial charge in [0.2, 0.25) is 0 Å². The van der Waals surface area contributed by atoms with Gasteiger partial charge in [0.15, 0.2) is 0 Å². The molecular formula is C12H30PSi2. The summed E-state index contributed by atoms with van der Waals surface area (Å²) in [5, 5.41) is 1.06. The molecule has 0 saturated carbocycles. The van der Waals surface area contributed by atoms with Crippen LogP contribution in [0.2, 0.25) is 36.3 Å². The van der Waals surface area contributed by atoms with Crippen LogP contribution in [0.3, 0.4) is 0 Å². The third kappa shape index (κ3) is 3.98. The van der Waals surface area contributed by atoms with Crippen LogP contribution in [0.25, 0.3) is 0 Å². The highest BCUT2D eigenvalue weighted by Gasteiger charge is 2.45. The highest BCUT2D eigenvalue weighted by atomic mass is 31.6. The Bertz CT molecular complexity index is 195. The first kappa shape index (κ1) is 15.9. The molecule has 1 radical (unpaired) electrons. The molecule has 3 heteroatoms. The Hall–Kier alpha value is 0.864. The van der Waals surface area contributed by atoms with Crippen molar-refractivity contribution < 1.29 is 0 Å². The lowest BCUT2D eigenvalue weighted by Gasteiger charge is -2.46.